The molecule has 0 spiro atoms. The summed E-state index contributed by atoms with van der Waals surface area (Å²) in [5.41, 5.74) is 0.441. The lowest BCUT2D eigenvalue weighted by Gasteiger charge is -2.13. The zero-order valence-corrected chi connectivity index (χ0v) is 10.5. The van der Waals surface area contributed by atoms with E-state index in [9.17, 15) is 8.78 Å². The fourth-order valence-electron chi connectivity index (χ4n) is 1.67. The molecule has 2 aromatic rings. The highest BCUT2D eigenvalue weighted by atomic mass is 32.4. The number of rotatable bonds is 3. The molecule has 0 heterocycles. The van der Waals surface area contributed by atoms with Crippen molar-refractivity contribution in [1.82, 2.24) is 0 Å². The monoisotopic (exact) mass is 266 g/mol. The summed E-state index contributed by atoms with van der Waals surface area (Å²) in [6, 6.07) is 12.7. The number of hydrogen-bond donors (Lipinski definition) is 0. The Kier molecular flexibility index (Phi) is 3.93. The minimum Gasteiger partial charge on any atom is -0.207 e. The minimum atomic E-state index is -0.438. The molecule has 2 aromatic carbocycles. The van der Waals surface area contributed by atoms with Gasteiger partial charge in [0, 0.05) is 11.1 Å². The number of benzene rings is 2. The van der Waals surface area contributed by atoms with Crippen molar-refractivity contribution in [3.05, 3.63) is 71.3 Å². The summed E-state index contributed by atoms with van der Waals surface area (Å²) >= 11 is 5.00. The molecule has 0 saturated heterocycles. The molecule has 0 aromatic heterocycles. The first-order valence-corrected chi connectivity index (χ1v) is 7.03. The van der Waals surface area contributed by atoms with Crippen LogP contribution in [0.4, 0.5) is 8.78 Å². The molecular formula is C13H9F2PS. The van der Waals surface area contributed by atoms with Crippen molar-refractivity contribution in [3.63, 3.8) is 0 Å². The first-order valence-electron chi connectivity index (χ1n) is 5.05. The van der Waals surface area contributed by atoms with Gasteiger partial charge in [0.25, 0.3) is 0 Å². The Labute approximate surface area is 105 Å². The molecule has 0 atom stereocenters. The zero-order chi connectivity index (χ0) is 12.3. The maximum atomic E-state index is 13.7. The highest BCUT2D eigenvalue weighted by Gasteiger charge is 2.18. The maximum Gasteiger partial charge on any atom is 0.127 e. The van der Waals surface area contributed by atoms with Crippen molar-refractivity contribution < 1.29 is 8.78 Å². The molecule has 4 heteroatoms. The maximum absolute atomic E-state index is 13.7. The van der Waals surface area contributed by atoms with Crippen LogP contribution in [0.25, 0.3) is 0 Å². The Hall–Kier alpha value is -1.18. The van der Waals surface area contributed by atoms with Crippen LogP contribution in [-0.2, 0) is 11.8 Å². The molecule has 0 unspecified atom stereocenters. The topological polar surface area (TPSA) is 0 Å². The largest absolute Gasteiger partial charge is 0.207 e. The van der Waals surface area contributed by atoms with Gasteiger partial charge in [0.2, 0.25) is 0 Å². The van der Waals surface area contributed by atoms with Gasteiger partial charge in [-0.2, -0.15) is 0 Å². The lowest BCUT2D eigenvalue weighted by Crippen LogP contribution is -1.99. The lowest BCUT2D eigenvalue weighted by molar-refractivity contribution is 0.597. The molecule has 0 amide bonds. The van der Waals surface area contributed by atoms with Gasteiger partial charge in [0.05, 0.1) is 5.66 Å². The van der Waals surface area contributed by atoms with Gasteiger partial charge in [-0.25, -0.2) is 8.78 Å². The molecule has 0 aliphatic carbocycles. The first kappa shape index (κ1) is 12.3. The second kappa shape index (κ2) is 5.44. The van der Waals surface area contributed by atoms with Crippen molar-refractivity contribution in [3.8, 4) is 0 Å². The molecule has 0 fully saturated rings. The summed E-state index contributed by atoms with van der Waals surface area (Å²) in [5, 5.41) is 0. The van der Waals surface area contributed by atoms with Gasteiger partial charge in [-0.1, -0.05) is 48.2 Å². The Morgan fingerprint density at radius 1 is 0.824 bits per heavy atom. The van der Waals surface area contributed by atoms with Gasteiger partial charge in [-0.05, 0) is 19.5 Å². The molecule has 0 N–H and O–H groups in total. The molecule has 17 heavy (non-hydrogen) atoms. The van der Waals surface area contributed by atoms with Crippen LogP contribution < -0.4 is 0 Å². The normalized spacial score (nSPS) is 11.0. The van der Waals surface area contributed by atoms with Crippen LogP contribution in [0.1, 0.15) is 16.8 Å². The summed E-state index contributed by atoms with van der Waals surface area (Å²) < 4.78 is 27.3. The molecular weight excluding hydrogens is 257 g/mol. The van der Waals surface area contributed by atoms with E-state index in [1.807, 2.05) is 0 Å². The zero-order valence-electron chi connectivity index (χ0n) is 8.81. The van der Waals surface area contributed by atoms with Crippen LogP contribution in [0.5, 0.6) is 0 Å². The SMILES string of the molecule is Fc1ccccc1C(P=S)c1ccccc1F. The molecule has 86 valence electrons. The van der Waals surface area contributed by atoms with Gasteiger partial charge in [0.1, 0.15) is 11.6 Å². The molecule has 0 bridgehead atoms. The van der Waals surface area contributed by atoms with E-state index < -0.39 is 5.66 Å². The third-order valence-electron chi connectivity index (χ3n) is 2.51. The third-order valence-corrected chi connectivity index (χ3v) is 3.90. The number of hydrogen-bond acceptors (Lipinski definition) is 1. The van der Waals surface area contributed by atoms with Gasteiger partial charge in [-0.15, -0.1) is 0 Å². The van der Waals surface area contributed by atoms with Crippen molar-refractivity contribution in [2.75, 3.05) is 0 Å². The quantitative estimate of drug-likeness (QED) is 0.739. The van der Waals surface area contributed by atoms with Gasteiger partial charge < -0.3 is 0 Å². The fourth-order valence-corrected chi connectivity index (χ4v) is 3.00. The summed E-state index contributed by atoms with van der Waals surface area (Å²) in [6.45, 7) is 0. The van der Waals surface area contributed by atoms with E-state index in [0.717, 1.165) is 0 Å². The van der Waals surface area contributed by atoms with Crippen molar-refractivity contribution in [1.29, 1.82) is 0 Å². The van der Waals surface area contributed by atoms with Crippen LogP contribution in [0.2, 0.25) is 0 Å². The van der Waals surface area contributed by atoms with E-state index in [-0.39, 0.29) is 11.6 Å². The van der Waals surface area contributed by atoms with Crippen LogP contribution in [0.3, 0.4) is 0 Å². The predicted molar refractivity (Wildman–Crippen MR) is 68.9 cm³/mol. The Bertz CT molecular complexity index is 497. The minimum absolute atomic E-state index is 0.349. The predicted octanol–water partition coefficient (Wildman–Crippen LogP) is 4.46. The van der Waals surface area contributed by atoms with E-state index in [0.29, 0.717) is 18.5 Å². The van der Waals surface area contributed by atoms with Crippen LogP contribution in [-0.4, -0.2) is 0 Å². The van der Waals surface area contributed by atoms with E-state index >= 15 is 0 Å². The van der Waals surface area contributed by atoms with E-state index in [4.69, 9.17) is 11.8 Å². The van der Waals surface area contributed by atoms with Crippen LogP contribution in [0, 0.1) is 11.6 Å². The van der Waals surface area contributed by atoms with E-state index in [2.05, 4.69) is 0 Å². The number of halogens is 2. The highest BCUT2D eigenvalue weighted by Crippen LogP contribution is 2.36. The average molecular weight is 266 g/mol. The Morgan fingerprint density at radius 2 is 1.24 bits per heavy atom. The highest BCUT2D eigenvalue weighted by molar-refractivity contribution is 7.96. The van der Waals surface area contributed by atoms with Crippen molar-refractivity contribution in [2.24, 2.45) is 0 Å². The molecule has 0 radical (unpaired) electrons. The second-order valence-electron chi connectivity index (χ2n) is 3.55. The van der Waals surface area contributed by atoms with Gasteiger partial charge >= 0.3 is 0 Å². The van der Waals surface area contributed by atoms with Gasteiger partial charge in [0.15, 0.2) is 0 Å². The molecule has 0 saturated carbocycles. The standard InChI is InChI=1S/C13H9F2PS/c14-11-7-3-1-5-9(11)13(16-17)10-6-2-4-8-12(10)15/h1-8,13H. The van der Waals surface area contributed by atoms with E-state index in [1.54, 1.807) is 36.4 Å². The molecule has 0 aliphatic rings. The van der Waals surface area contributed by atoms with Crippen LogP contribution >= 0.6 is 7.36 Å². The smallest absolute Gasteiger partial charge is 0.127 e. The molecule has 0 aliphatic heterocycles. The van der Waals surface area contributed by atoms with E-state index in [1.165, 1.54) is 12.1 Å². The molecule has 2 rings (SSSR count). The fraction of sp³-hybridized carbons (Fsp3) is 0.0769. The van der Waals surface area contributed by atoms with Crippen LogP contribution in [0.15, 0.2) is 48.5 Å². The Balaban J connectivity index is 2.52. The first-order chi connectivity index (χ1) is 8.24. The lowest BCUT2D eigenvalue weighted by atomic mass is 10.0. The summed E-state index contributed by atoms with van der Waals surface area (Å²) in [7, 11) is 0.504. The summed E-state index contributed by atoms with van der Waals surface area (Å²) in [5.74, 6) is -0.698. The van der Waals surface area contributed by atoms with Crippen molar-refractivity contribution >= 4 is 19.2 Å². The third kappa shape index (κ3) is 2.56. The average Bonchev–Trinajstić information content (AvgIpc) is 2.34. The van der Waals surface area contributed by atoms with Crippen molar-refractivity contribution in [2.45, 2.75) is 5.66 Å². The molecule has 0 nitrogen and oxygen atoms in total. The second-order valence-corrected chi connectivity index (χ2v) is 4.91. The summed E-state index contributed by atoms with van der Waals surface area (Å²) in [4.78, 5) is 0. The van der Waals surface area contributed by atoms with Gasteiger partial charge in [-0.3, -0.25) is 0 Å². The summed E-state index contributed by atoms with van der Waals surface area (Å²) in [6.07, 6.45) is 0. The Morgan fingerprint density at radius 3 is 1.59 bits per heavy atom.